The number of aromatic nitrogens is 3. The zero-order valence-electron chi connectivity index (χ0n) is 19.0. The first-order chi connectivity index (χ1) is 15.4. The van der Waals surface area contributed by atoms with Crippen molar-refractivity contribution in [3.05, 3.63) is 53.5 Å². The van der Waals surface area contributed by atoms with Crippen LogP contribution in [0, 0.1) is 6.92 Å². The van der Waals surface area contributed by atoms with Crippen molar-refractivity contribution in [3.63, 3.8) is 0 Å². The summed E-state index contributed by atoms with van der Waals surface area (Å²) in [6.07, 6.45) is 3.45. The molecule has 3 heterocycles. The number of amides is 1. The van der Waals surface area contributed by atoms with Gasteiger partial charge >= 0.3 is 0 Å². The number of hydrogen-bond acceptors (Lipinski definition) is 7. The number of likely N-dealkylation sites (tertiary alicyclic amines) is 1. The molecule has 1 aromatic carbocycles. The number of ether oxygens (including phenoxy) is 1. The Bertz CT molecular complexity index is 1070. The smallest absolute Gasteiger partial charge is 0.253 e. The van der Waals surface area contributed by atoms with Gasteiger partial charge in [-0.3, -0.25) is 4.79 Å². The number of carbonyl (C=O) groups excluding carboxylic acids is 1. The van der Waals surface area contributed by atoms with Gasteiger partial charge < -0.3 is 19.5 Å². The van der Waals surface area contributed by atoms with Crippen LogP contribution in [-0.2, 0) is 0 Å². The third kappa shape index (κ3) is 4.74. The fraction of sp³-hybridized carbons (Fsp3) is 0.417. The van der Waals surface area contributed by atoms with Crippen molar-refractivity contribution in [2.45, 2.75) is 45.6 Å². The number of nitrogens with one attached hydrogen (secondary N) is 1. The van der Waals surface area contributed by atoms with Crippen LogP contribution in [0.3, 0.4) is 0 Å². The molecule has 168 valence electrons. The van der Waals surface area contributed by atoms with Gasteiger partial charge in [-0.25, -0.2) is 9.97 Å². The number of hydrogen-bond donors (Lipinski definition) is 1. The number of benzene rings is 1. The predicted octanol–water partition coefficient (Wildman–Crippen LogP) is 4.29. The minimum Gasteiger partial charge on any atom is -0.497 e. The number of anilines is 1. The Morgan fingerprint density at radius 2 is 1.94 bits per heavy atom. The van der Waals surface area contributed by atoms with Gasteiger partial charge in [-0.15, -0.1) is 0 Å². The van der Waals surface area contributed by atoms with Crippen LogP contribution in [0.15, 0.2) is 41.1 Å². The van der Waals surface area contributed by atoms with Crippen LogP contribution in [0.2, 0.25) is 0 Å². The highest BCUT2D eigenvalue weighted by Crippen LogP contribution is 2.35. The molecule has 3 aromatic rings. The normalized spacial score (nSPS) is 14.6. The molecule has 0 bridgehead atoms. The predicted molar refractivity (Wildman–Crippen MR) is 122 cm³/mol. The van der Waals surface area contributed by atoms with Crippen molar-refractivity contribution in [2.24, 2.45) is 0 Å². The molecule has 0 atom stereocenters. The van der Waals surface area contributed by atoms with E-state index in [1.807, 2.05) is 48.4 Å². The molecule has 0 saturated carbocycles. The lowest BCUT2D eigenvalue weighted by atomic mass is 9.90. The van der Waals surface area contributed by atoms with Gasteiger partial charge in [0, 0.05) is 42.9 Å². The van der Waals surface area contributed by atoms with Gasteiger partial charge in [-0.05, 0) is 57.9 Å². The van der Waals surface area contributed by atoms with E-state index in [4.69, 9.17) is 14.2 Å². The summed E-state index contributed by atoms with van der Waals surface area (Å²) >= 11 is 0. The largest absolute Gasteiger partial charge is 0.497 e. The van der Waals surface area contributed by atoms with E-state index in [0.29, 0.717) is 30.4 Å². The van der Waals surface area contributed by atoms with E-state index in [1.54, 1.807) is 7.11 Å². The van der Waals surface area contributed by atoms with E-state index >= 15 is 0 Å². The molecule has 2 aromatic heterocycles. The molecule has 32 heavy (non-hydrogen) atoms. The summed E-state index contributed by atoms with van der Waals surface area (Å²) in [5.74, 6) is 2.26. The molecule has 1 amide bonds. The van der Waals surface area contributed by atoms with Crippen molar-refractivity contribution in [3.8, 4) is 17.1 Å². The number of rotatable bonds is 6. The van der Waals surface area contributed by atoms with Crippen molar-refractivity contribution in [2.75, 3.05) is 25.5 Å². The van der Waals surface area contributed by atoms with Crippen LogP contribution in [-0.4, -0.2) is 52.2 Å². The number of aryl methyl sites for hydroxylation is 1. The van der Waals surface area contributed by atoms with Gasteiger partial charge in [0.2, 0.25) is 5.95 Å². The average molecular weight is 436 g/mol. The maximum Gasteiger partial charge on any atom is 0.253 e. The number of nitrogens with zero attached hydrogens (tertiary/aromatic N) is 4. The van der Waals surface area contributed by atoms with Gasteiger partial charge in [0.1, 0.15) is 5.75 Å². The Morgan fingerprint density at radius 1 is 1.22 bits per heavy atom. The number of carbonyl (C=O) groups is 1. The second-order valence-electron chi connectivity index (χ2n) is 8.42. The van der Waals surface area contributed by atoms with E-state index in [-0.39, 0.29) is 17.9 Å². The summed E-state index contributed by atoms with van der Waals surface area (Å²) in [6.45, 7) is 7.34. The average Bonchev–Trinajstić information content (AvgIpc) is 3.24. The number of methoxy groups -OCH3 is 1. The summed E-state index contributed by atoms with van der Waals surface area (Å²) in [4.78, 5) is 24.2. The molecule has 0 unspecified atom stereocenters. The molecule has 1 fully saturated rings. The molecule has 4 rings (SSSR count). The van der Waals surface area contributed by atoms with Crippen LogP contribution in [0.5, 0.6) is 5.75 Å². The van der Waals surface area contributed by atoms with Crippen LogP contribution in [0.25, 0.3) is 11.3 Å². The van der Waals surface area contributed by atoms with Gasteiger partial charge in [0.25, 0.3) is 5.91 Å². The Balaban J connectivity index is 1.53. The van der Waals surface area contributed by atoms with E-state index < -0.39 is 0 Å². The van der Waals surface area contributed by atoms with Crippen LogP contribution in [0.1, 0.15) is 54.4 Å². The summed E-state index contributed by atoms with van der Waals surface area (Å²) in [7, 11) is 1.62. The molecule has 8 nitrogen and oxygen atoms in total. The second-order valence-corrected chi connectivity index (χ2v) is 8.42. The fourth-order valence-corrected chi connectivity index (χ4v) is 3.99. The molecule has 1 N–H and O–H groups in total. The highest BCUT2D eigenvalue weighted by molar-refractivity contribution is 5.94. The Morgan fingerprint density at radius 3 is 2.53 bits per heavy atom. The standard InChI is InChI=1S/C24H29N5O3/c1-15(2)26-24-25-14-20(21-13-16(3)28-32-21)22(27-24)17-9-11-29(12-10-17)23(30)18-5-7-19(31-4)8-6-18/h5-8,13-15,17H,9-12H2,1-4H3,(H,25,26,27). The number of piperidine rings is 1. The van der Waals surface area contributed by atoms with Crippen LogP contribution in [0.4, 0.5) is 5.95 Å². The van der Waals surface area contributed by atoms with Gasteiger partial charge in [0.15, 0.2) is 5.76 Å². The molecule has 1 aliphatic heterocycles. The topological polar surface area (TPSA) is 93.4 Å². The summed E-state index contributed by atoms with van der Waals surface area (Å²) in [5, 5.41) is 7.31. The molecule has 0 spiro atoms. The van der Waals surface area contributed by atoms with Gasteiger partial charge in [-0.1, -0.05) is 5.16 Å². The molecular weight excluding hydrogens is 406 g/mol. The van der Waals surface area contributed by atoms with E-state index in [0.717, 1.165) is 35.5 Å². The molecular formula is C24H29N5O3. The monoisotopic (exact) mass is 435 g/mol. The zero-order chi connectivity index (χ0) is 22.7. The SMILES string of the molecule is COc1ccc(C(=O)N2CCC(c3nc(NC(C)C)ncc3-c3cc(C)no3)CC2)cc1. The first kappa shape index (κ1) is 21.8. The fourth-order valence-electron chi connectivity index (χ4n) is 3.99. The lowest BCUT2D eigenvalue weighted by Gasteiger charge is -2.32. The Kier molecular flexibility index (Phi) is 6.39. The molecule has 1 saturated heterocycles. The third-order valence-electron chi connectivity index (χ3n) is 5.64. The summed E-state index contributed by atoms with van der Waals surface area (Å²) in [6, 6.07) is 9.38. The molecule has 1 aliphatic rings. The quantitative estimate of drug-likeness (QED) is 0.617. The second kappa shape index (κ2) is 9.38. The lowest BCUT2D eigenvalue weighted by molar-refractivity contribution is 0.0712. The first-order valence-electron chi connectivity index (χ1n) is 10.9. The first-order valence-corrected chi connectivity index (χ1v) is 10.9. The minimum atomic E-state index is 0.0436. The van der Waals surface area contributed by atoms with Crippen LogP contribution >= 0.6 is 0 Å². The summed E-state index contributed by atoms with van der Waals surface area (Å²) in [5.41, 5.74) is 3.29. The highest BCUT2D eigenvalue weighted by Gasteiger charge is 2.28. The minimum absolute atomic E-state index is 0.0436. The molecule has 0 aliphatic carbocycles. The van der Waals surface area contributed by atoms with Crippen molar-refractivity contribution in [1.29, 1.82) is 0 Å². The highest BCUT2D eigenvalue weighted by atomic mass is 16.5. The third-order valence-corrected chi connectivity index (χ3v) is 5.64. The Hall–Kier alpha value is -3.42. The van der Waals surface area contributed by atoms with Gasteiger partial charge in [-0.2, -0.15) is 0 Å². The van der Waals surface area contributed by atoms with E-state index in [2.05, 4.69) is 29.3 Å². The Labute approximate surface area is 188 Å². The maximum atomic E-state index is 12.9. The molecule has 0 radical (unpaired) electrons. The lowest BCUT2D eigenvalue weighted by Crippen LogP contribution is -2.38. The zero-order valence-corrected chi connectivity index (χ0v) is 19.0. The van der Waals surface area contributed by atoms with Crippen molar-refractivity contribution >= 4 is 11.9 Å². The van der Waals surface area contributed by atoms with E-state index in [1.165, 1.54) is 0 Å². The van der Waals surface area contributed by atoms with Crippen molar-refractivity contribution < 1.29 is 14.1 Å². The maximum absolute atomic E-state index is 12.9. The van der Waals surface area contributed by atoms with Crippen molar-refractivity contribution in [1.82, 2.24) is 20.0 Å². The van der Waals surface area contributed by atoms with E-state index in [9.17, 15) is 4.79 Å². The van der Waals surface area contributed by atoms with Crippen LogP contribution < -0.4 is 10.1 Å². The van der Waals surface area contributed by atoms with Gasteiger partial charge in [0.05, 0.1) is 24.1 Å². The summed E-state index contributed by atoms with van der Waals surface area (Å²) < 4.78 is 10.7. The molecule has 8 heteroatoms.